The molecule has 0 bridgehead atoms. The molecule has 682 valence electrons. The van der Waals surface area contributed by atoms with Gasteiger partial charge in [0.1, 0.15) is 0 Å². The molecule has 8 saturated carbocycles. The van der Waals surface area contributed by atoms with Gasteiger partial charge in [0.2, 0.25) is 0 Å². The molecule has 26 atom stereocenters. The summed E-state index contributed by atoms with van der Waals surface area (Å²) in [6.45, 7) is 0. The zero-order chi connectivity index (χ0) is 89.0. The van der Waals surface area contributed by atoms with Crippen LogP contribution in [0.15, 0.2) is 24.3 Å². The number of halogens is 15. The maximum Gasteiger partial charge on any atom is 0.272 e. The van der Waals surface area contributed by atoms with Crippen molar-refractivity contribution in [3.05, 3.63) is 24.3 Å². The van der Waals surface area contributed by atoms with Crippen LogP contribution >= 0.6 is 174 Å². The molecule has 0 radical (unpaired) electrons. The van der Waals surface area contributed by atoms with Gasteiger partial charge in [0.05, 0.1) is 128 Å². The highest BCUT2D eigenvalue weighted by molar-refractivity contribution is 6.78. The molecule has 116 heavy (non-hydrogen) atoms. The number of hydrogen-bond acceptors (Lipinski definition) is 26. The lowest BCUT2D eigenvalue weighted by molar-refractivity contribution is -0.124. The molecule has 10 aliphatic carbocycles. The summed E-state index contributed by atoms with van der Waals surface area (Å²) in [4.78, 5) is 56.3. The molecule has 0 aliphatic heterocycles. The Hall–Kier alpha value is 0.340. The fraction of sp³-hybridized carbons (Fsp3) is 0.871. The first kappa shape index (κ1) is 114. The number of hydrogen-bond donors (Lipinski definition) is 26. The fourth-order valence-corrected chi connectivity index (χ4v) is 13.8. The van der Waals surface area contributed by atoms with Crippen molar-refractivity contribution in [2.24, 2.45) is 22.9 Å². The molecule has 5 amide bonds. The highest BCUT2D eigenvalue weighted by Crippen LogP contribution is 2.33. The zero-order valence-corrected chi connectivity index (χ0v) is 75.0. The summed E-state index contributed by atoms with van der Waals surface area (Å²) >= 11 is 80.5. The highest BCUT2D eigenvalue weighted by atomic mass is 35.6. The maximum atomic E-state index is 11.3. The Labute approximate surface area is 752 Å². The lowest BCUT2D eigenvalue weighted by Gasteiger charge is -2.32. The van der Waals surface area contributed by atoms with E-state index in [1.54, 1.807) is 0 Å². The number of alkyl halides is 15. The van der Waals surface area contributed by atoms with Crippen LogP contribution in [0.3, 0.4) is 0 Å². The smallest absolute Gasteiger partial charge is 0.272 e. The Kier molecular flexibility index (Phi) is 56.4. The van der Waals surface area contributed by atoms with Crippen LogP contribution in [0.1, 0.15) is 193 Å². The van der Waals surface area contributed by atoms with Crippen LogP contribution in [0.5, 0.6) is 0 Å². The van der Waals surface area contributed by atoms with E-state index in [0.717, 1.165) is 89.9 Å². The van der Waals surface area contributed by atoms with Crippen molar-refractivity contribution < 1.29 is 111 Å². The second-order valence-corrected chi connectivity index (χ2v) is 41.1. The van der Waals surface area contributed by atoms with Crippen molar-refractivity contribution in [3.63, 3.8) is 0 Å². The highest BCUT2D eigenvalue weighted by Gasteiger charge is 2.42. The molecule has 30 N–H and O–H groups in total. The number of aliphatic hydroxyl groups is 17. The van der Waals surface area contributed by atoms with Gasteiger partial charge in [-0.1, -0.05) is 198 Å². The van der Waals surface area contributed by atoms with Crippen molar-refractivity contribution >= 4 is 204 Å². The molecule has 0 aromatic rings. The first-order valence-electron chi connectivity index (χ1n) is 38.4. The minimum atomic E-state index is -2.04. The molecule has 2 unspecified atom stereocenters. The summed E-state index contributed by atoms with van der Waals surface area (Å²) in [7, 11) is 0. The van der Waals surface area contributed by atoms with E-state index in [4.69, 9.17) is 243 Å². The minimum Gasteiger partial charge on any atom is -0.390 e. The van der Waals surface area contributed by atoms with Gasteiger partial charge in [-0.2, -0.15) is 0 Å². The van der Waals surface area contributed by atoms with Gasteiger partial charge in [-0.3, -0.25) is 24.0 Å². The Balaban J connectivity index is 0.000000650. The molecular formula is C70H120Cl15N9O22. The molecule has 10 rings (SSSR count). The van der Waals surface area contributed by atoms with Crippen LogP contribution in [0, 0.1) is 0 Å². The second kappa shape index (κ2) is 57.2. The minimum absolute atomic E-state index is 0.0110. The van der Waals surface area contributed by atoms with Crippen molar-refractivity contribution in [2.45, 2.75) is 370 Å². The van der Waals surface area contributed by atoms with Crippen LogP contribution < -0.4 is 49.5 Å². The summed E-state index contributed by atoms with van der Waals surface area (Å²) in [6, 6.07) is -3.08. The molecule has 0 aromatic carbocycles. The molecule has 0 spiro atoms. The lowest BCUT2D eigenvalue weighted by atomic mass is 9.90. The number of rotatable bonds is 5. The van der Waals surface area contributed by atoms with Gasteiger partial charge >= 0.3 is 0 Å². The predicted octanol–water partition coefficient (Wildman–Crippen LogP) is 3.53. The van der Waals surface area contributed by atoms with E-state index in [1.807, 2.05) is 24.3 Å². The maximum absolute atomic E-state index is 11.3. The first-order chi connectivity index (χ1) is 53.5. The molecular weight excluding hydrogens is 1850 g/mol. The number of allylic oxidation sites excluding steroid dienone is 2. The number of nitrogens with one attached hydrogen (secondary N) is 5. The molecule has 10 aliphatic rings. The Bertz CT molecular complexity index is 2520. The number of amides is 5. The quantitative estimate of drug-likeness (QED) is 0.138. The third-order valence-electron chi connectivity index (χ3n) is 20.1. The molecule has 0 heterocycles. The van der Waals surface area contributed by atoms with E-state index >= 15 is 0 Å². The van der Waals surface area contributed by atoms with Gasteiger partial charge in [-0.25, -0.2) is 0 Å². The number of aliphatic hydroxyl groups excluding tert-OH is 17. The fourth-order valence-electron chi connectivity index (χ4n) is 13.0. The van der Waals surface area contributed by atoms with E-state index in [0.29, 0.717) is 103 Å². The molecule has 31 nitrogen and oxygen atoms in total. The number of nitrogens with two attached hydrogens (primary N) is 4. The Morgan fingerprint density at radius 2 is 0.431 bits per heavy atom. The second-order valence-electron chi connectivity index (χ2n) is 29.7. The van der Waals surface area contributed by atoms with E-state index < -0.39 is 170 Å². The Morgan fingerprint density at radius 3 is 0.586 bits per heavy atom. The lowest BCUT2D eigenvalue weighted by Crippen LogP contribution is -2.53. The van der Waals surface area contributed by atoms with Crippen LogP contribution in [-0.4, -0.2) is 293 Å². The molecule has 8 fully saturated rings. The van der Waals surface area contributed by atoms with Gasteiger partial charge in [0.25, 0.3) is 48.5 Å². The monoisotopic (exact) mass is 1960 g/mol. The van der Waals surface area contributed by atoms with E-state index in [2.05, 4.69) is 26.6 Å². The Morgan fingerprint density at radius 1 is 0.241 bits per heavy atom. The van der Waals surface area contributed by atoms with E-state index in [9.17, 15) is 64.8 Å². The van der Waals surface area contributed by atoms with Crippen LogP contribution in [0.4, 0.5) is 0 Å². The summed E-state index contributed by atoms with van der Waals surface area (Å²) < 4.78 is -10.0. The van der Waals surface area contributed by atoms with E-state index in [1.165, 1.54) is 0 Å². The number of carbonyl (C=O) groups excluding carboxylic acids is 5. The molecule has 46 heteroatoms. The summed E-state index contributed by atoms with van der Waals surface area (Å²) in [5.41, 5.74) is 21.8. The van der Waals surface area contributed by atoms with Crippen LogP contribution in [0.2, 0.25) is 0 Å². The zero-order valence-electron chi connectivity index (χ0n) is 63.7. The third-order valence-corrected chi connectivity index (χ3v) is 22.7. The van der Waals surface area contributed by atoms with Crippen molar-refractivity contribution in [3.8, 4) is 0 Å². The molecule has 0 aromatic heterocycles. The van der Waals surface area contributed by atoms with Crippen molar-refractivity contribution in [1.29, 1.82) is 0 Å². The number of carbonyl (C=O) groups is 5. The van der Waals surface area contributed by atoms with Gasteiger partial charge < -0.3 is 136 Å². The summed E-state index contributed by atoms with van der Waals surface area (Å²) in [6.07, 6.45) is 18.4. The SMILES string of the molecule is N[C@@H]1CCC[C@@H](O)[C@H]1O.N[C@@H]1CCC[C@H](O)[C@@H]1O.N[C@H]1CCC[C@@H](O)[C@H]1O.N[C@H]1CCC[C@H](O)[C@@H]1O.O=C(NC1C=CCCC1)C(Cl)(Cl)Cl.O=C(N[C@@H]1CCC[C@@H](O)[C@H]1O)C(Cl)(Cl)Cl.O=C(N[C@@H]1CCC[C@H](O)[C@@H]1O)C(Cl)(Cl)Cl.O=C(N[C@H]1CCC[C@@H](O)[C@H]1O)C(Cl)(Cl)Cl.O=C(N[C@H]1CCC[C@H](O)[C@@H]1O)C(Cl)(Cl)Cl.OC1C=CCCC1. The van der Waals surface area contributed by atoms with Gasteiger partial charge in [0.15, 0.2) is 0 Å². The van der Waals surface area contributed by atoms with Crippen molar-refractivity contribution in [1.82, 2.24) is 26.6 Å². The average Bonchev–Trinajstić information content (AvgIpc) is 0.852. The largest absolute Gasteiger partial charge is 0.390 e. The normalized spacial score (nSPS) is 35.2. The van der Waals surface area contributed by atoms with Gasteiger partial charge in [-0.05, 0) is 193 Å². The summed E-state index contributed by atoms with van der Waals surface area (Å²) in [5.74, 6) is -3.71. The standard InChI is InChI=1S/4C8H12Cl3NO3.C8H10Cl3NO.4C6H13NO2.C6H10O/c4*9-8(10,11)7(15)12-4-2-1-3-5(13)6(4)14;9-8(10,11)7(13)12-6-4-2-1-3-5-6;4*7-4-2-1-3-5(8)6(4)9;7-6-4-2-1-3-5-6/h4*4-6,13-14H,1-3H2,(H,12,15);2,4,6H,1,3,5H2,(H,12,13);4*4-6,8-9H,1-3,7H2;2,4,6-7H,1,3,5H2/t2*4-,5+,6-;2*4-,5-,6+;;2*4-,5+,6-;2*4-,5-,6+;/m1010.1010./s1. The molecule has 0 saturated heterocycles. The predicted molar refractivity (Wildman–Crippen MR) is 452 cm³/mol. The third kappa shape index (κ3) is 46.2. The van der Waals surface area contributed by atoms with Gasteiger partial charge in [-0.15, -0.1) is 0 Å². The average molecular weight is 1970 g/mol. The topological polar surface area (TPSA) is 593 Å². The summed E-state index contributed by atoms with van der Waals surface area (Å²) in [5, 5.41) is 169. The van der Waals surface area contributed by atoms with Crippen LogP contribution in [0.25, 0.3) is 0 Å². The first-order valence-corrected chi connectivity index (χ1v) is 44.0. The van der Waals surface area contributed by atoms with Gasteiger partial charge in [0, 0.05) is 30.2 Å². The van der Waals surface area contributed by atoms with Crippen LogP contribution in [-0.2, 0) is 24.0 Å². The van der Waals surface area contributed by atoms with E-state index in [-0.39, 0.29) is 36.3 Å². The van der Waals surface area contributed by atoms with Crippen molar-refractivity contribution in [2.75, 3.05) is 0 Å².